The zero-order chi connectivity index (χ0) is 15.0. The highest BCUT2D eigenvalue weighted by atomic mass is 35.5. The number of H-pyrrole nitrogens is 1. The number of thiophene rings is 1. The Morgan fingerprint density at radius 3 is 2.95 bits per heavy atom. The number of halogens is 2. The summed E-state index contributed by atoms with van der Waals surface area (Å²) in [6, 6.07) is 7.30. The molecule has 3 rings (SSSR count). The predicted octanol–water partition coefficient (Wildman–Crippen LogP) is 5.94. The van der Waals surface area contributed by atoms with Crippen molar-refractivity contribution >= 4 is 46.2 Å². The van der Waals surface area contributed by atoms with Crippen molar-refractivity contribution in [3.63, 3.8) is 0 Å². The Morgan fingerprint density at radius 1 is 1.48 bits per heavy atom. The molecule has 1 N–H and O–H groups in total. The summed E-state index contributed by atoms with van der Waals surface area (Å²) in [7, 11) is 0. The molecule has 0 saturated carbocycles. The number of aromatic nitrogens is 2. The van der Waals surface area contributed by atoms with Gasteiger partial charge < -0.3 is 9.55 Å². The lowest BCUT2D eigenvalue weighted by Crippen LogP contribution is -2.09. The topological polar surface area (TPSA) is 20.7 Å². The molecular formula is C15H14ClFN2S2. The quantitative estimate of drug-likeness (QED) is 0.582. The third-order valence-corrected chi connectivity index (χ3v) is 5.07. The maximum absolute atomic E-state index is 13.8. The van der Waals surface area contributed by atoms with Crippen LogP contribution in [0.4, 0.5) is 4.39 Å². The first-order chi connectivity index (χ1) is 10.1. The Balaban J connectivity index is 2.24. The smallest absolute Gasteiger partial charge is 0.178 e. The van der Waals surface area contributed by atoms with E-state index in [1.54, 1.807) is 17.4 Å². The van der Waals surface area contributed by atoms with E-state index in [2.05, 4.69) is 18.0 Å². The van der Waals surface area contributed by atoms with Crippen LogP contribution in [0.15, 0.2) is 29.6 Å². The molecule has 2 nitrogen and oxygen atoms in total. The van der Waals surface area contributed by atoms with Crippen LogP contribution in [0.3, 0.4) is 0 Å². The van der Waals surface area contributed by atoms with E-state index in [-0.39, 0.29) is 11.1 Å². The molecule has 1 atom stereocenters. The molecule has 0 amide bonds. The summed E-state index contributed by atoms with van der Waals surface area (Å²) in [4.78, 5) is 4.35. The van der Waals surface area contributed by atoms with Gasteiger partial charge in [0.05, 0.1) is 22.1 Å². The second kappa shape index (κ2) is 5.91. The zero-order valence-corrected chi connectivity index (χ0v) is 13.8. The Morgan fingerprint density at radius 2 is 2.29 bits per heavy atom. The maximum atomic E-state index is 13.8. The van der Waals surface area contributed by atoms with Gasteiger partial charge in [-0.25, -0.2) is 4.39 Å². The van der Waals surface area contributed by atoms with Crippen molar-refractivity contribution in [3.05, 3.63) is 50.1 Å². The SMILES string of the molecule is CCCC(c1cccs1)n1c(=S)[nH]c2cc(Cl)c(F)cc21. The van der Waals surface area contributed by atoms with Gasteiger partial charge in [0.25, 0.3) is 0 Å². The molecule has 0 bridgehead atoms. The average molecular weight is 341 g/mol. The maximum Gasteiger partial charge on any atom is 0.178 e. The second-order valence-electron chi connectivity index (χ2n) is 4.90. The highest BCUT2D eigenvalue weighted by Crippen LogP contribution is 2.32. The molecule has 0 spiro atoms. The molecular weight excluding hydrogens is 327 g/mol. The summed E-state index contributed by atoms with van der Waals surface area (Å²) >= 11 is 13.0. The van der Waals surface area contributed by atoms with Crippen molar-refractivity contribution in [1.82, 2.24) is 9.55 Å². The minimum atomic E-state index is -0.423. The lowest BCUT2D eigenvalue weighted by atomic mass is 10.1. The molecule has 1 unspecified atom stereocenters. The van der Waals surface area contributed by atoms with Crippen molar-refractivity contribution < 1.29 is 4.39 Å². The van der Waals surface area contributed by atoms with Gasteiger partial charge in [-0.3, -0.25) is 0 Å². The van der Waals surface area contributed by atoms with Gasteiger partial charge in [0.1, 0.15) is 5.82 Å². The van der Waals surface area contributed by atoms with E-state index in [1.807, 2.05) is 16.0 Å². The highest BCUT2D eigenvalue weighted by molar-refractivity contribution is 7.71. The van der Waals surface area contributed by atoms with Crippen LogP contribution in [-0.4, -0.2) is 9.55 Å². The minimum Gasteiger partial charge on any atom is -0.331 e. The summed E-state index contributed by atoms with van der Waals surface area (Å²) < 4.78 is 16.4. The van der Waals surface area contributed by atoms with E-state index in [0.717, 1.165) is 23.9 Å². The van der Waals surface area contributed by atoms with Gasteiger partial charge in [0, 0.05) is 10.9 Å². The number of benzene rings is 1. The van der Waals surface area contributed by atoms with E-state index in [1.165, 1.54) is 10.9 Å². The van der Waals surface area contributed by atoms with Crippen LogP contribution in [-0.2, 0) is 0 Å². The molecule has 0 aliphatic heterocycles. The van der Waals surface area contributed by atoms with E-state index in [4.69, 9.17) is 23.8 Å². The number of nitrogens with zero attached hydrogens (tertiary/aromatic N) is 1. The van der Waals surface area contributed by atoms with Gasteiger partial charge in [0.2, 0.25) is 0 Å². The fourth-order valence-corrected chi connectivity index (χ4v) is 3.93. The number of imidazole rings is 1. The van der Waals surface area contributed by atoms with Crippen molar-refractivity contribution in [2.45, 2.75) is 25.8 Å². The van der Waals surface area contributed by atoms with E-state index >= 15 is 0 Å². The zero-order valence-electron chi connectivity index (χ0n) is 11.4. The van der Waals surface area contributed by atoms with Crippen LogP contribution in [0.5, 0.6) is 0 Å². The third kappa shape index (κ3) is 2.65. The fraction of sp³-hybridized carbons (Fsp3) is 0.267. The van der Waals surface area contributed by atoms with Crippen LogP contribution < -0.4 is 0 Å². The van der Waals surface area contributed by atoms with Crippen LogP contribution in [0, 0.1) is 10.6 Å². The summed E-state index contributed by atoms with van der Waals surface area (Å²) in [5.74, 6) is -0.423. The van der Waals surface area contributed by atoms with Crippen molar-refractivity contribution in [3.8, 4) is 0 Å². The van der Waals surface area contributed by atoms with E-state index in [9.17, 15) is 4.39 Å². The summed E-state index contributed by atoms with van der Waals surface area (Å²) in [5, 5.41) is 2.16. The first-order valence-electron chi connectivity index (χ1n) is 6.74. The molecule has 0 saturated heterocycles. The number of hydrogen-bond donors (Lipinski definition) is 1. The Bertz CT molecular complexity index is 820. The van der Waals surface area contributed by atoms with Crippen LogP contribution in [0.1, 0.15) is 30.7 Å². The fourth-order valence-electron chi connectivity index (χ4n) is 2.58. The molecule has 2 heterocycles. The summed E-state index contributed by atoms with van der Waals surface area (Å²) in [5.41, 5.74) is 1.53. The largest absolute Gasteiger partial charge is 0.331 e. The average Bonchev–Trinajstić information content (AvgIpc) is 3.06. The monoisotopic (exact) mass is 340 g/mol. The van der Waals surface area contributed by atoms with Crippen molar-refractivity contribution in [2.24, 2.45) is 0 Å². The molecule has 2 aromatic heterocycles. The molecule has 21 heavy (non-hydrogen) atoms. The van der Waals surface area contributed by atoms with Crippen molar-refractivity contribution in [2.75, 3.05) is 0 Å². The molecule has 0 fully saturated rings. The number of nitrogens with one attached hydrogen (secondary N) is 1. The number of hydrogen-bond acceptors (Lipinski definition) is 2. The summed E-state index contributed by atoms with van der Waals surface area (Å²) in [6.07, 6.45) is 1.97. The number of fused-ring (bicyclic) bond motifs is 1. The van der Waals surface area contributed by atoms with Crippen molar-refractivity contribution in [1.29, 1.82) is 0 Å². The van der Waals surface area contributed by atoms with Gasteiger partial charge in [-0.05, 0) is 36.2 Å². The van der Waals surface area contributed by atoms with Crippen LogP contribution in [0.2, 0.25) is 5.02 Å². The van der Waals surface area contributed by atoms with E-state index in [0.29, 0.717) is 4.77 Å². The second-order valence-corrected chi connectivity index (χ2v) is 6.68. The number of aromatic amines is 1. The third-order valence-electron chi connectivity index (χ3n) is 3.50. The van der Waals surface area contributed by atoms with Gasteiger partial charge in [-0.2, -0.15) is 0 Å². The normalized spacial score (nSPS) is 12.9. The van der Waals surface area contributed by atoms with Gasteiger partial charge in [-0.1, -0.05) is 31.0 Å². The lowest BCUT2D eigenvalue weighted by Gasteiger charge is -2.17. The Hall–Kier alpha value is -1.17. The van der Waals surface area contributed by atoms with Gasteiger partial charge in [-0.15, -0.1) is 11.3 Å². The first-order valence-corrected chi connectivity index (χ1v) is 8.41. The first kappa shape index (κ1) is 14.8. The molecule has 1 aromatic carbocycles. The van der Waals surface area contributed by atoms with Gasteiger partial charge >= 0.3 is 0 Å². The standard InChI is InChI=1S/C15H14ClFN2S2/c1-2-4-12(14-5-3-6-21-14)19-13-8-10(17)9(16)7-11(13)18-15(19)20/h3,5-8,12H,2,4H2,1H3,(H,18,20). The van der Waals surface area contributed by atoms with E-state index < -0.39 is 5.82 Å². The molecule has 0 aliphatic rings. The molecule has 3 aromatic rings. The number of rotatable bonds is 4. The molecule has 0 aliphatic carbocycles. The van der Waals surface area contributed by atoms with Crippen LogP contribution in [0.25, 0.3) is 11.0 Å². The summed E-state index contributed by atoms with van der Waals surface area (Å²) in [6.45, 7) is 2.14. The van der Waals surface area contributed by atoms with Gasteiger partial charge in [0.15, 0.2) is 4.77 Å². The Labute approximate surface area is 136 Å². The predicted molar refractivity (Wildman–Crippen MR) is 89.5 cm³/mol. The highest BCUT2D eigenvalue weighted by Gasteiger charge is 2.19. The Kier molecular flexibility index (Phi) is 4.15. The molecule has 6 heteroatoms. The molecule has 0 radical (unpaired) electrons. The molecule has 110 valence electrons. The lowest BCUT2D eigenvalue weighted by molar-refractivity contribution is 0.547. The van der Waals surface area contributed by atoms with Crippen LogP contribution >= 0.6 is 35.2 Å². The minimum absolute atomic E-state index is 0.106.